The third-order valence-corrected chi connectivity index (χ3v) is 13.7. The van der Waals surface area contributed by atoms with Crippen molar-refractivity contribution < 1.29 is 38.2 Å². The quantitative estimate of drug-likeness (QED) is 0.252. The van der Waals surface area contributed by atoms with Crippen LogP contribution in [-0.2, 0) is 20.3 Å². The molecule has 1 aromatic carbocycles. The van der Waals surface area contributed by atoms with Gasteiger partial charge in [-0.15, -0.1) is 0 Å². The molecule has 0 aliphatic heterocycles. The normalized spacial score (nSPS) is 46.3. The van der Waals surface area contributed by atoms with E-state index in [0.717, 1.165) is 25.7 Å². The summed E-state index contributed by atoms with van der Waals surface area (Å²) in [5.41, 5.74) is -1.77. The Morgan fingerprint density at radius 2 is 1.53 bits per heavy atom. The first-order valence-electron chi connectivity index (χ1n) is 13.7. The molecule has 0 aromatic heterocycles. The molecule has 3 saturated carbocycles. The molecule has 4 aliphatic rings. The van der Waals surface area contributed by atoms with Gasteiger partial charge in [0.1, 0.15) is 5.25 Å². The van der Waals surface area contributed by atoms with Crippen LogP contribution < -0.4 is 0 Å². The predicted molar refractivity (Wildman–Crippen MR) is 142 cm³/mol. The van der Waals surface area contributed by atoms with Crippen LogP contribution in [0, 0.1) is 40.4 Å². The maximum atomic E-state index is 12.9. The Hall–Kier alpha value is -1.84. The lowest BCUT2D eigenvalue weighted by molar-refractivity contribution is -0.230. The fourth-order valence-electron chi connectivity index (χ4n) is 9.97. The summed E-state index contributed by atoms with van der Waals surface area (Å²) in [6, 6.07) is 1.41. The van der Waals surface area contributed by atoms with Gasteiger partial charge in [-0.2, -0.15) is 8.42 Å². The van der Waals surface area contributed by atoms with Gasteiger partial charge >= 0.3 is 5.97 Å². The first-order valence-corrected chi connectivity index (χ1v) is 15.2. The number of carboxylic acid groups (broad SMARTS) is 1. The molecular weight excluding hydrogens is 508 g/mol. The molecule has 8 nitrogen and oxygen atoms in total. The van der Waals surface area contributed by atoms with E-state index in [1.807, 2.05) is 13.8 Å². The predicted octanol–water partition coefficient (Wildman–Crippen LogP) is 5.08. The molecule has 3 unspecified atom stereocenters. The molecule has 0 heterocycles. The van der Waals surface area contributed by atoms with Gasteiger partial charge in [-0.25, -0.2) is 0 Å². The Kier molecular flexibility index (Phi) is 5.75. The molecule has 5 rings (SSSR count). The van der Waals surface area contributed by atoms with Crippen LogP contribution in [-0.4, -0.2) is 45.5 Å². The van der Waals surface area contributed by atoms with E-state index in [1.165, 1.54) is 13.0 Å². The number of rotatable bonds is 2. The van der Waals surface area contributed by atoms with E-state index in [1.54, 1.807) is 0 Å². The highest BCUT2D eigenvalue weighted by atomic mass is 32.2. The number of aromatic hydroxyl groups is 2. The average molecular weight is 551 g/mol. The fraction of sp³-hybridized carbons (Fsp3) is 0.759. The monoisotopic (exact) mass is 550 g/mol. The molecule has 0 bridgehead atoms. The topological polar surface area (TPSA) is 152 Å². The molecule has 0 amide bonds. The zero-order valence-electron chi connectivity index (χ0n) is 23.2. The third-order valence-electron chi connectivity index (χ3n) is 12.5. The van der Waals surface area contributed by atoms with Crippen LogP contribution in [0.15, 0.2) is 6.07 Å². The number of phenolic OH excluding ortho intramolecular Hbond substituents is 2. The van der Waals surface area contributed by atoms with E-state index >= 15 is 0 Å². The highest BCUT2D eigenvalue weighted by molar-refractivity contribution is 7.86. The van der Waals surface area contributed by atoms with E-state index in [0.29, 0.717) is 24.8 Å². The number of hydrogen-bond acceptors (Lipinski definition) is 6. The summed E-state index contributed by atoms with van der Waals surface area (Å²) >= 11 is 0. The van der Waals surface area contributed by atoms with E-state index in [4.69, 9.17) is 0 Å². The third kappa shape index (κ3) is 3.27. The summed E-state index contributed by atoms with van der Waals surface area (Å²) < 4.78 is 36.1. The van der Waals surface area contributed by atoms with Crippen molar-refractivity contribution in [2.75, 3.05) is 0 Å². The van der Waals surface area contributed by atoms with Crippen molar-refractivity contribution in [1.29, 1.82) is 0 Å². The first kappa shape index (κ1) is 27.7. The largest absolute Gasteiger partial charge is 0.504 e. The van der Waals surface area contributed by atoms with E-state index in [2.05, 4.69) is 20.8 Å². The Morgan fingerprint density at radius 3 is 2.11 bits per heavy atom. The number of phenols is 2. The Bertz CT molecular complexity index is 1320. The molecule has 38 heavy (non-hydrogen) atoms. The van der Waals surface area contributed by atoms with Gasteiger partial charge < -0.3 is 20.4 Å². The van der Waals surface area contributed by atoms with Crippen molar-refractivity contribution in [2.45, 2.75) is 103 Å². The van der Waals surface area contributed by atoms with Gasteiger partial charge in [0.15, 0.2) is 11.5 Å². The number of fused-ring (bicyclic) bond motifs is 7. The van der Waals surface area contributed by atoms with Crippen LogP contribution >= 0.6 is 0 Å². The number of carboxylic acids is 1. The fourth-order valence-corrected chi connectivity index (χ4v) is 11.1. The van der Waals surface area contributed by atoms with Crippen LogP contribution in [0.1, 0.15) is 102 Å². The molecule has 0 radical (unpaired) electrons. The molecule has 5 N–H and O–H groups in total. The number of aliphatic hydroxyl groups excluding tert-OH is 1. The minimum absolute atomic E-state index is 0.0564. The minimum Gasteiger partial charge on any atom is -0.504 e. The van der Waals surface area contributed by atoms with E-state index in [-0.39, 0.29) is 28.2 Å². The lowest BCUT2D eigenvalue weighted by Gasteiger charge is -2.72. The molecule has 1 aromatic rings. The van der Waals surface area contributed by atoms with E-state index < -0.39 is 60.8 Å². The number of carbonyl (C=O) groups is 1. The van der Waals surface area contributed by atoms with Gasteiger partial charge in [0, 0.05) is 5.92 Å². The Labute approximate surface area is 225 Å². The van der Waals surface area contributed by atoms with Crippen molar-refractivity contribution in [3.05, 3.63) is 22.8 Å². The lowest BCUT2D eigenvalue weighted by atomic mass is 9.32. The molecule has 9 atom stereocenters. The maximum absolute atomic E-state index is 12.9. The summed E-state index contributed by atoms with van der Waals surface area (Å²) in [5.74, 6) is -2.13. The van der Waals surface area contributed by atoms with Crippen molar-refractivity contribution in [1.82, 2.24) is 0 Å². The van der Waals surface area contributed by atoms with Crippen LogP contribution in [0.5, 0.6) is 11.5 Å². The van der Waals surface area contributed by atoms with Gasteiger partial charge in [0.05, 0.1) is 11.5 Å². The van der Waals surface area contributed by atoms with Gasteiger partial charge in [-0.05, 0) is 109 Å². The zero-order chi connectivity index (χ0) is 28.4. The SMILES string of the molecule is Cc1c(O)c(O)cc2c1C(S(=O)(=O)O)C(O)C1[C@@]2(C)CC[C@@]2(C)[C@@H]3C[C@](C)(C(=O)O)CC[C@]3(C)CC[C@]12C. The van der Waals surface area contributed by atoms with Crippen LogP contribution in [0.4, 0.5) is 0 Å². The Morgan fingerprint density at radius 1 is 0.947 bits per heavy atom. The second-order valence-electron chi connectivity index (χ2n) is 14.3. The van der Waals surface area contributed by atoms with Crippen LogP contribution in [0.3, 0.4) is 0 Å². The molecule has 0 saturated heterocycles. The van der Waals surface area contributed by atoms with Gasteiger partial charge in [0.25, 0.3) is 10.1 Å². The highest BCUT2D eigenvalue weighted by Crippen LogP contribution is 2.76. The van der Waals surface area contributed by atoms with Gasteiger partial charge in [-0.3, -0.25) is 9.35 Å². The zero-order valence-corrected chi connectivity index (χ0v) is 24.0. The van der Waals surface area contributed by atoms with Gasteiger partial charge in [-0.1, -0.05) is 27.7 Å². The van der Waals surface area contributed by atoms with Crippen molar-refractivity contribution >= 4 is 16.1 Å². The summed E-state index contributed by atoms with van der Waals surface area (Å²) in [5, 5.41) is 41.5. The minimum atomic E-state index is -4.79. The smallest absolute Gasteiger partial charge is 0.309 e. The number of hydrogen-bond donors (Lipinski definition) is 5. The number of aliphatic carboxylic acids is 1. The summed E-state index contributed by atoms with van der Waals surface area (Å²) in [6.45, 7) is 11.9. The van der Waals surface area contributed by atoms with Crippen LogP contribution in [0.25, 0.3) is 0 Å². The summed E-state index contributed by atoms with van der Waals surface area (Å²) in [6.07, 6.45) is 3.40. The second-order valence-corrected chi connectivity index (χ2v) is 15.8. The van der Waals surface area contributed by atoms with E-state index in [9.17, 15) is 38.2 Å². The number of benzene rings is 1. The van der Waals surface area contributed by atoms with Gasteiger partial charge in [0.2, 0.25) is 0 Å². The molecule has 0 spiro atoms. The molecule has 9 heteroatoms. The second kappa shape index (κ2) is 7.88. The highest BCUT2D eigenvalue weighted by Gasteiger charge is 2.71. The number of aliphatic hydroxyl groups is 1. The van der Waals surface area contributed by atoms with Crippen LogP contribution in [0.2, 0.25) is 0 Å². The molecule has 4 aliphatic carbocycles. The van der Waals surface area contributed by atoms with Crippen molar-refractivity contribution in [3.63, 3.8) is 0 Å². The average Bonchev–Trinajstić information content (AvgIpc) is 2.80. The first-order chi connectivity index (χ1) is 17.3. The molecule has 3 fully saturated rings. The van der Waals surface area contributed by atoms with Crippen molar-refractivity contribution in [2.24, 2.45) is 33.5 Å². The molecule has 212 valence electrons. The maximum Gasteiger partial charge on any atom is 0.309 e. The summed E-state index contributed by atoms with van der Waals surface area (Å²) in [7, 11) is -4.79. The van der Waals surface area contributed by atoms with Crippen molar-refractivity contribution in [3.8, 4) is 11.5 Å². The lowest BCUT2D eigenvalue weighted by Crippen LogP contribution is -2.68. The summed E-state index contributed by atoms with van der Waals surface area (Å²) in [4.78, 5) is 12.3. The molecular formula is C29H42O8S. The standard InChI is InChI=1S/C29H42O8S/c1-15-19-16(13-17(30)20(15)31)27(4)10-12-28(5)18-14-26(3,24(33)34)8-7-25(18,2)9-11-29(28,6)23(27)21(32)22(19)38(35,36)37/h13,18,21-23,30-32H,7-12,14H2,1-6H3,(H,33,34)(H,35,36,37)/t18-,21?,22?,23?,25-,26-,27+,28+,29-/m1/s1. The Balaban J connectivity index is 1.74.